The van der Waals surface area contributed by atoms with E-state index in [0.29, 0.717) is 24.3 Å². The number of halogens is 1. The monoisotopic (exact) mass is 253 g/mol. The van der Waals surface area contributed by atoms with Crippen LogP contribution in [0.2, 0.25) is 5.02 Å². The zero-order valence-electron chi connectivity index (χ0n) is 9.79. The second-order valence-corrected chi connectivity index (χ2v) is 4.82. The Labute approximate surface area is 106 Å². The van der Waals surface area contributed by atoms with Crippen LogP contribution in [0.15, 0.2) is 12.1 Å². The molecular formula is C13H16ClNO2. The highest BCUT2D eigenvalue weighted by Gasteiger charge is 2.21. The number of amides is 1. The highest BCUT2D eigenvalue weighted by Crippen LogP contribution is 2.35. The van der Waals surface area contributed by atoms with Gasteiger partial charge in [-0.2, -0.15) is 0 Å². The lowest BCUT2D eigenvalue weighted by atomic mass is 9.95. The fourth-order valence-corrected chi connectivity index (χ4v) is 2.43. The Balaban J connectivity index is 2.43. The fraction of sp³-hybridized carbons (Fsp3) is 0.462. The van der Waals surface area contributed by atoms with Gasteiger partial charge < -0.3 is 10.4 Å². The van der Waals surface area contributed by atoms with Gasteiger partial charge in [0.15, 0.2) is 0 Å². The van der Waals surface area contributed by atoms with Gasteiger partial charge in [0, 0.05) is 22.7 Å². The average Bonchev–Trinajstić information content (AvgIpc) is 2.29. The number of aliphatic hydroxyl groups is 1. The van der Waals surface area contributed by atoms with Crippen LogP contribution in [0, 0.1) is 0 Å². The van der Waals surface area contributed by atoms with Crippen LogP contribution in [-0.4, -0.2) is 11.0 Å². The number of nitrogens with one attached hydrogen (secondary N) is 1. The molecule has 1 amide bonds. The molecule has 0 aromatic heterocycles. The predicted molar refractivity (Wildman–Crippen MR) is 68.3 cm³/mol. The third-order valence-corrected chi connectivity index (χ3v) is 3.24. The molecule has 0 saturated heterocycles. The van der Waals surface area contributed by atoms with Gasteiger partial charge in [0.05, 0.1) is 6.10 Å². The number of hydrogen-bond donors (Lipinski definition) is 2. The van der Waals surface area contributed by atoms with Crippen molar-refractivity contribution < 1.29 is 9.90 Å². The second kappa shape index (κ2) is 5.07. The maximum Gasteiger partial charge on any atom is 0.224 e. The van der Waals surface area contributed by atoms with E-state index in [2.05, 4.69) is 5.32 Å². The van der Waals surface area contributed by atoms with Gasteiger partial charge in [-0.1, -0.05) is 24.9 Å². The van der Waals surface area contributed by atoms with Crippen molar-refractivity contribution in [3.8, 4) is 0 Å². The van der Waals surface area contributed by atoms with Gasteiger partial charge >= 0.3 is 0 Å². The standard InChI is InChI=1S/C13H16ClNO2/c1-2-3-11(16)10-7-9(14)6-8-4-5-12(17)15-13(8)10/h6-7,11,16H,2-5H2,1H3,(H,15,17). The van der Waals surface area contributed by atoms with Crippen LogP contribution < -0.4 is 5.32 Å². The van der Waals surface area contributed by atoms with Gasteiger partial charge in [-0.25, -0.2) is 0 Å². The van der Waals surface area contributed by atoms with Crippen molar-refractivity contribution in [3.05, 3.63) is 28.3 Å². The van der Waals surface area contributed by atoms with E-state index >= 15 is 0 Å². The molecule has 0 saturated carbocycles. The minimum Gasteiger partial charge on any atom is -0.388 e. The first-order valence-electron chi connectivity index (χ1n) is 5.92. The molecule has 17 heavy (non-hydrogen) atoms. The third-order valence-electron chi connectivity index (χ3n) is 3.02. The Bertz CT molecular complexity index is 445. The van der Waals surface area contributed by atoms with E-state index in [0.717, 1.165) is 23.2 Å². The van der Waals surface area contributed by atoms with Crippen molar-refractivity contribution in [1.82, 2.24) is 0 Å². The zero-order chi connectivity index (χ0) is 12.4. The maximum absolute atomic E-state index is 11.4. The molecule has 0 fully saturated rings. The summed E-state index contributed by atoms with van der Waals surface area (Å²) in [7, 11) is 0. The molecular weight excluding hydrogens is 238 g/mol. The van der Waals surface area contributed by atoms with Crippen LogP contribution in [0.5, 0.6) is 0 Å². The highest BCUT2D eigenvalue weighted by atomic mass is 35.5. The van der Waals surface area contributed by atoms with E-state index in [9.17, 15) is 9.90 Å². The third kappa shape index (κ3) is 2.61. The minimum atomic E-state index is -0.564. The topological polar surface area (TPSA) is 49.3 Å². The number of anilines is 1. The van der Waals surface area contributed by atoms with Crippen molar-refractivity contribution in [2.45, 2.75) is 38.7 Å². The lowest BCUT2D eigenvalue weighted by Crippen LogP contribution is -2.21. The van der Waals surface area contributed by atoms with Crippen molar-refractivity contribution in [1.29, 1.82) is 0 Å². The van der Waals surface area contributed by atoms with Crippen LogP contribution in [0.25, 0.3) is 0 Å². The number of rotatable bonds is 3. The quantitative estimate of drug-likeness (QED) is 0.870. The van der Waals surface area contributed by atoms with E-state index < -0.39 is 6.10 Å². The molecule has 0 bridgehead atoms. The molecule has 3 nitrogen and oxygen atoms in total. The first-order valence-corrected chi connectivity index (χ1v) is 6.30. The molecule has 92 valence electrons. The highest BCUT2D eigenvalue weighted by molar-refractivity contribution is 6.31. The summed E-state index contributed by atoms with van der Waals surface area (Å²) in [6.07, 6.45) is 2.16. The van der Waals surface area contributed by atoms with Crippen molar-refractivity contribution in [2.75, 3.05) is 5.32 Å². The molecule has 1 aromatic carbocycles. The summed E-state index contributed by atoms with van der Waals surface area (Å²) in [6.45, 7) is 2.01. The number of hydrogen-bond acceptors (Lipinski definition) is 2. The summed E-state index contributed by atoms with van der Waals surface area (Å²) in [5.41, 5.74) is 2.51. The van der Waals surface area contributed by atoms with Crippen molar-refractivity contribution in [2.24, 2.45) is 0 Å². The summed E-state index contributed by atoms with van der Waals surface area (Å²) in [5.74, 6) is 0.00442. The maximum atomic E-state index is 11.4. The van der Waals surface area contributed by atoms with Crippen LogP contribution in [-0.2, 0) is 11.2 Å². The Kier molecular flexibility index (Phi) is 3.69. The molecule has 2 N–H and O–H groups in total. The van der Waals surface area contributed by atoms with Crippen molar-refractivity contribution in [3.63, 3.8) is 0 Å². The number of fused-ring (bicyclic) bond motifs is 1. The normalized spacial score (nSPS) is 16.3. The van der Waals surface area contributed by atoms with Crippen molar-refractivity contribution >= 4 is 23.2 Å². The molecule has 1 atom stereocenters. The summed E-state index contributed by atoms with van der Waals surface area (Å²) in [6, 6.07) is 3.60. The average molecular weight is 254 g/mol. The van der Waals surface area contributed by atoms with Gasteiger partial charge in [-0.15, -0.1) is 0 Å². The number of carbonyl (C=O) groups excluding carboxylic acids is 1. The van der Waals surface area contributed by atoms with Gasteiger partial charge in [0.25, 0.3) is 0 Å². The summed E-state index contributed by atoms with van der Waals surface area (Å²) in [5, 5.41) is 13.5. The molecule has 1 unspecified atom stereocenters. The Morgan fingerprint density at radius 1 is 1.47 bits per heavy atom. The second-order valence-electron chi connectivity index (χ2n) is 4.38. The predicted octanol–water partition coefficient (Wildman–Crippen LogP) is 3.06. The van der Waals surface area contributed by atoms with Gasteiger partial charge in [-0.3, -0.25) is 4.79 Å². The Morgan fingerprint density at radius 2 is 2.24 bits per heavy atom. The summed E-state index contributed by atoms with van der Waals surface area (Å²) >= 11 is 6.04. The molecule has 2 rings (SSSR count). The fourth-order valence-electron chi connectivity index (χ4n) is 2.18. The van der Waals surface area contributed by atoms with Crippen LogP contribution in [0.4, 0.5) is 5.69 Å². The smallest absolute Gasteiger partial charge is 0.224 e. The minimum absolute atomic E-state index is 0.00442. The van der Waals surface area contributed by atoms with Crippen LogP contribution in [0.1, 0.15) is 43.4 Å². The largest absolute Gasteiger partial charge is 0.388 e. The summed E-state index contributed by atoms with van der Waals surface area (Å²) in [4.78, 5) is 11.4. The van der Waals surface area contributed by atoms with E-state index in [1.165, 1.54) is 0 Å². The van der Waals surface area contributed by atoms with E-state index in [1.807, 2.05) is 13.0 Å². The number of aryl methyl sites for hydroxylation is 1. The van der Waals surface area contributed by atoms with E-state index in [4.69, 9.17) is 11.6 Å². The van der Waals surface area contributed by atoms with Gasteiger partial charge in [0.1, 0.15) is 0 Å². The molecule has 1 heterocycles. The number of aliphatic hydroxyl groups excluding tert-OH is 1. The number of carbonyl (C=O) groups is 1. The SMILES string of the molecule is CCCC(O)c1cc(Cl)cc2c1NC(=O)CC2. The summed E-state index contributed by atoms with van der Waals surface area (Å²) < 4.78 is 0. The number of benzene rings is 1. The first-order chi connectivity index (χ1) is 8.11. The molecule has 1 aliphatic rings. The molecule has 1 aliphatic heterocycles. The first kappa shape index (κ1) is 12.4. The van der Waals surface area contributed by atoms with Gasteiger partial charge in [0.2, 0.25) is 5.91 Å². The lowest BCUT2D eigenvalue weighted by Gasteiger charge is -2.23. The molecule has 0 radical (unpaired) electrons. The molecule has 4 heteroatoms. The molecule has 0 spiro atoms. The van der Waals surface area contributed by atoms with Gasteiger partial charge in [-0.05, 0) is 30.5 Å². The lowest BCUT2D eigenvalue weighted by molar-refractivity contribution is -0.116. The van der Waals surface area contributed by atoms with E-state index in [-0.39, 0.29) is 5.91 Å². The van der Waals surface area contributed by atoms with Crippen LogP contribution >= 0.6 is 11.6 Å². The Hall–Kier alpha value is -1.06. The van der Waals surface area contributed by atoms with E-state index in [1.54, 1.807) is 6.07 Å². The zero-order valence-corrected chi connectivity index (χ0v) is 10.5. The Morgan fingerprint density at radius 3 is 2.94 bits per heavy atom. The molecule has 0 aliphatic carbocycles. The van der Waals surface area contributed by atoms with Crippen LogP contribution in [0.3, 0.4) is 0 Å². The molecule has 1 aromatic rings.